The molecule has 0 fully saturated rings. The molecule has 30 heavy (non-hydrogen) atoms. The molecule has 0 saturated heterocycles. The van der Waals surface area contributed by atoms with Crippen LogP contribution in [0.25, 0.3) is 6.08 Å². The molecule has 0 spiro atoms. The van der Waals surface area contributed by atoms with E-state index in [4.69, 9.17) is 4.42 Å². The number of aryl methyl sites for hydroxylation is 2. The molecule has 3 rings (SSSR count). The molecule has 0 aliphatic rings. The Morgan fingerprint density at radius 2 is 1.87 bits per heavy atom. The molecule has 1 aromatic heterocycles. The lowest BCUT2D eigenvalue weighted by atomic mass is 10.1. The highest BCUT2D eigenvalue weighted by atomic mass is 19.1. The van der Waals surface area contributed by atoms with Gasteiger partial charge in [0.25, 0.3) is 11.8 Å². The van der Waals surface area contributed by atoms with E-state index in [1.807, 2.05) is 13.0 Å². The Hall–Kier alpha value is -3.67. The van der Waals surface area contributed by atoms with Crippen LogP contribution in [0.3, 0.4) is 0 Å². The van der Waals surface area contributed by atoms with E-state index in [1.165, 1.54) is 24.5 Å². The van der Waals surface area contributed by atoms with Crippen LogP contribution < -0.4 is 10.6 Å². The minimum absolute atomic E-state index is 0.0956. The lowest BCUT2D eigenvalue weighted by Crippen LogP contribution is -2.35. The first-order valence-corrected chi connectivity index (χ1v) is 9.67. The van der Waals surface area contributed by atoms with E-state index in [0.717, 1.165) is 11.1 Å². The molecule has 0 bridgehead atoms. The van der Waals surface area contributed by atoms with E-state index in [0.29, 0.717) is 30.7 Å². The number of halogens is 1. The number of carbonyl (C=O) groups excluding carboxylic acids is 2. The number of carbonyl (C=O) groups is 2. The van der Waals surface area contributed by atoms with Crippen molar-refractivity contribution in [2.24, 2.45) is 0 Å². The summed E-state index contributed by atoms with van der Waals surface area (Å²) in [4.78, 5) is 25.3. The molecule has 0 aliphatic carbocycles. The molecule has 2 N–H and O–H groups in total. The zero-order valence-corrected chi connectivity index (χ0v) is 16.7. The molecular weight excluding hydrogens is 383 g/mol. The zero-order valence-electron chi connectivity index (χ0n) is 16.7. The Labute approximate surface area is 174 Å². The van der Waals surface area contributed by atoms with E-state index in [9.17, 15) is 14.0 Å². The Bertz CT molecular complexity index is 1020. The highest BCUT2D eigenvalue weighted by Crippen LogP contribution is 2.09. The lowest BCUT2D eigenvalue weighted by molar-refractivity contribution is -0.117. The minimum atomic E-state index is -0.411. The van der Waals surface area contributed by atoms with Crippen molar-refractivity contribution in [2.45, 2.75) is 19.8 Å². The first-order chi connectivity index (χ1) is 14.5. The third-order valence-corrected chi connectivity index (χ3v) is 4.44. The van der Waals surface area contributed by atoms with Gasteiger partial charge in [0.1, 0.15) is 17.3 Å². The SMILES string of the molecule is Cc1cccc(C(=O)N/C(=C\c2ccco2)C(=O)NCCCc2ccc(F)cc2)c1. The maximum atomic E-state index is 13.0. The summed E-state index contributed by atoms with van der Waals surface area (Å²) in [7, 11) is 0. The first-order valence-electron chi connectivity index (χ1n) is 9.67. The standard InChI is InChI=1S/C24H23FN2O3/c1-17-5-2-7-19(15-17)23(28)27-22(16-21-8-4-14-30-21)24(29)26-13-3-6-18-9-11-20(25)12-10-18/h2,4-5,7-12,14-16H,3,6,13H2,1H3,(H,26,29)(H,27,28)/b22-16-. The predicted molar refractivity (Wildman–Crippen MR) is 113 cm³/mol. The van der Waals surface area contributed by atoms with Gasteiger partial charge in [-0.15, -0.1) is 0 Å². The molecule has 154 valence electrons. The molecular formula is C24H23FN2O3. The quantitative estimate of drug-likeness (QED) is 0.434. The lowest BCUT2D eigenvalue weighted by Gasteiger charge is -2.11. The molecule has 2 aromatic carbocycles. The van der Waals surface area contributed by atoms with Gasteiger partial charge in [-0.3, -0.25) is 9.59 Å². The summed E-state index contributed by atoms with van der Waals surface area (Å²) in [5, 5.41) is 5.48. The number of rotatable bonds is 8. The van der Waals surface area contributed by atoms with Gasteiger partial charge in [-0.1, -0.05) is 29.8 Å². The van der Waals surface area contributed by atoms with Crippen molar-refractivity contribution in [3.05, 3.63) is 101 Å². The third kappa shape index (κ3) is 6.17. The number of amides is 2. The predicted octanol–water partition coefficient (Wildman–Crippen LogP) is 4.25. The van der Waals surface area contributed by atoms with Gasteiger partial charge in [-0.25, -0.2) is 4.39 Å². The molecule has 5 nitrogen and oxygen atoms in total. The Kier molecular flexibility index (Phi) is 7.16. The summed E-state index contributed by atoms with van der Waals surface area (Å²) in [5.41, 5.74) is 2.50. The van der Waals surface area contributed by atoms with E-state index in [-0.39, 0.29) is 17.4 Å². The average Bonchev–Trinajstić information content (AvgIpc) is 3.25. The van der Waals surface area contributed by atoms with E-state index >= 15 is 0 Å². The van der Waals surface area contributed by atoms with Crippen molar-refractivity contribution in [1.82, 2.24) is 10.6 Å². The second-order valence-electron chi connectivity index (χ2n) is 6.88. The van der Waals surface area contributed by atoms with Gasteiger partial charge < -0.3 is 15.1 Å². The van der Waals surface area contributed by atoms with Crippen LogP contribution in [0.4, 0.5) is 4.39 Å². The molecule has 0 saturated carbocycles. The van der Waals surface area contributed by atoms with Crippen molar-refractivity contribution in [3.8, 4) is 0 Å². The number of furan rings is 1. The Balaban J connectivity index is 1.62. The topological polar surface area (TPSA) is 71.3 Å². The number of nitrogens with one attached hydrogen (secondary N) is 2. The fourth-order valence-corrected chi connectivity index (χ4v) is 2.90. The average molecular weight is 406 g/mol. The first kappa shape index (κ1) is 21.0. The van der Waals surface area contributed by atoms with E-state index in [2.05, 4.69) is 10.6 Å². The number of hydrogen-bond donors (Lipinski definition) is 2. The van der Waals surface area contributed by atoms with Gasteiger partial charge in [-0.05, 0) is 61.7 Å². The minimum Gasteiger partial charge on any atom is -0.465 e. The van der Waals surface area contributed by atoms with Crippen molar-refractivity contribution >= 4 is 17.9 Å². The zero-order chi connectivity index (χ0) is 21.3. The summed E-state index contributed by atoms with van der Waals surface area (Å²) in [6, 6.07) is 16.8. The van der Waals surface area contributed by atoms with Crippen LogP contribution in [0, 0.1) is 12.7 Å². The smallest absolute Gasteiger partial charge is 0.267 e. The molecule has 2 amide bonds. The normalized spacial score (nSPS) is 11.2. The highest BCUT2D eigenvalue weighted by Gasteiger charge is 2.15. The van der Waals surface area contributed by atoms with Crippen LogP contribution in [0.2, 0.25) is 0 Å². The van der Waals surface area contributed by atoms with Gasteiger partial charge in [0.05, 0.1) is 6.26 Å². The van der Waals surface area contributed by atoms with Gasteiger partial charge in [0.15, 0.2) is 0 Å². The highest BCUT2D eigenvalue weighted by molar-refractivity contribution is 6.05. The molecule has 1 heterocycles. The third-order valence-electron chi connectivity index (χ3n) is 4.44. The molecule has 6 heteroatoms. The van der Waals surface area contributed by atoms with Crippen LogP contribution in [-0.4, -0.2) is 18.4 Å². The summed E-state index contributed by atoms with van der Waals surface area (Å²) < 4.78 is 18.2. The summed E-state index contributed by atoms with van der Waals surface area (Å²) >= 11 is 0. The monoisotopic (exact) mass is 406 g/mol. The fraction of sp³-hybridized carbons (Fsp3) is 0.167. The van der Waals surface area contributed by atoms with Crippen LogP contribution in [0.15, 0.2) is 77.0 Å². The second-order valence-corrected chi connectivity index (χ2v) is 6.88. The number of benzene rings is 2. The van der Waals surface area contributed by atoms with Gasteiger partial charge >= 0.3 is 0 Å². The largest absolute Gasteiger partial charge is 0.465 e. The van der Waals surface area contributed by atoms with Crippen LogP contribution in [0.5, 0.6) is 0 Å². The summed E-state index contributed by atoms with van der Waals surface area (Å²) in [5.74, 6) is -0.607. The van der Waals surface area contributed by atoms with Crippen LogP contribution in [0.1, 0.15) is 33.7 Å². The molecule has 0 unspecified atom stereocenters. The fourth-order valence-electron chi connectivity index (χ4n) is 2.90. The molecule has 3 aromatic rings. The summed E-state index contributed by atoms with van der Waals surface area (Å²) in [6.45, 7) is 2.30. The van der Waals surface area contributed by atoms with Gasteiger partial charge in [0.2, 0.25) is 0 Å². The molecule has 0 radical (unpaired) electrons. The van der Waals surface area contributed by atoms with Crippen molar-refractivity contribution in [2.75, 3.05) is 6.54 Å². The van der Waals surface area contributed by atoms with Gasteiger partial charge in [0, 0.05) is 18.2 Å². The van der Waals surface area contributed by atoms with Crippen molar-refractivity contribution in [3.63, 3.8) is 0 Å². The summed E-state index contributed by atoms with van der Waals surface area (Å²) in [6.07, 6.45) is 4.36. The second kappa shape index (κ2) is 10.2. The Morgan fingerprint density at radius 3 is 2.57 bits per heavy atom. The van der Waals surface area contributed by atoms with Crippen molar-refractivity contribution in [1.29, 1.82) is 0 Å². The van der Waals surface area contributed by atoms with E-state index < -0.39 is 5.91 Å². The van der Waals surface area contributed by atoms with Crippen LogP contribution in [-0.2, 0) is 11.2 Å². The maximum absolute atomic E-state index is 13.0. The van der Waals surface area contributed by atoms with Crippen molar-refractivity contribution < 1.29 is 18.4 Å². The number of hydrogen-bond acceptors (Lipinski definition) is 3. The van der Waals surface area contributed by atoms with Gasteiger partial charge in [-0.2, -0.15) is 0 Å². The molecule has 0 atom stereocenters. The van der Waals surface area contributed by atoms with E-state index in [1.54, 1.807) is 42.5 Å². The molecule has 0 aliphatic heterocycles. The maximum Gasteiger partial charge on any atom is 0.267 e. The Morgan fingerprint density at radius 1 is 1.07 bits per heavy atom. The van der Waals surface area contributed by atoms with Crippen LogP contribution >= 0.6 is 0 Å².